The van der Waals surface area contributed by atoms with Crippen LogP contribution in [0.15, 0.2) is 66.5 Å². The number of amides is 1. The van der Waals surface area contributed by atoms with Gasteiger partial charge in [-0.05, 0) is 165 Å². The molecule has 5 saturated carbocycles. The smallest absolute Gasteiger partial charge is 0.297 e. The van der Waals surface area contributed by atoms with Crippen molar-refractivity contribution >= 4 is 102 Å². The van der Waals surface area contributed by atoms with Crippen molar-refractivity contribution in [3.8, 4) is 6.01 Å². The third kappa shape index (κ3) is 19.9. The first kappa shape index (κ1) is 76.7. The monoisotopic (exact) mass is 1430 g/mol. The number of ketones is 3. The molecule has 1 amide bonds. The van der Waals surface area contributed by atoms with E-state index < -0.39 is 0 Å². The second-order valence-electron chi connectivity index (χ2n) is 29.7. The molecular formula is C81H111N17O5S. The molecule has 0 atom stereocenters. The van der Waals surface area contributed by atoms with Gasteiger partial charge in [-0.25, -0.2) is 19.9 Å². The van der Waals surface area contributed by atoms with E-state index in [0.29, 0.717) is 47.5 Å². The minimum atomic E-state index is -0.0834. The molecule has 0 bridgehead atoms. The predicted molar refractivity (Wildman–Crippen MR) is 416 cm³/mol. The summed E-state index contributed by atoms with van der Waals surface area (Å²) < 4.78 is 16.9. The topological polar surface area (TPSA) is 255 Å². The fourth-order valence-corrected chi connectivity index (χ4v) is 16.6. The van der Waals surface area contributed by atoms with Gasteiger partial charge in [0.25, 0.3) is 6.01 Å². The number of pyridine rings is 5. The summed E-state index contributed by atoms with van der Waals surface area (Å²) in [6, 6.07) is 10.5. The highest BCUT2D eigenvalue weighted by Gasteiger charge is 2.25. The van der Waals surface area contributed by atoms with Gasteiger partial charge in [0.05, 0.1) is 65.2 Å². The van der Waals surface area contributed by atoms with E-state index in [1.165, 1.54) is 173 Å². The van der Waals surface area contributed by atoms with E-state index in [4.69, 9.17) is 9.72 Å². The second-order valence-corrected chi connectivity index (χ2v) is 30.5. The molecule has 0 saturated heterocycles. The zero-order valence-corrected chi connectivity index (χ0v) is 64.3. The molecule has 10 heterocycles. The van der Waals surface area contributed by atoms with Gasteiger partial charge in [-0.15, -0.1) is 0 Å². The minimum Gasteiger partial charge on any atom is -0.465 e. The molecule has 0 unspecified atom stereocenters. The number of carbonyl (C=O) groups excluding carboxylic acids is 4. The first-order valence-electron chi connectivity index (χ1n) is 38.9. The zero-order chi connectivity index (χ0) is 73.2. The van der Waals surface area contributed by atoms with Crippen LogP contribution >= 0.6 is 11.8 Å². The lowest BCUT2D eigenvalue weighted by Gasteiger charge is -2.23. The molecule has 104 heavy (non-hydrogen) atoms. The quantitative estimate of drug-likeness (QED) is 0.0563. The van der Waals surface area contributed by atoms with Crippen molar-refractivity contribution in [2.45, 2.75) is 261 Å². The van der Waals surface area contributed by atoms with Crippen LogP contribution in [0, 0.1) is 50.4 Å². The number of Topliss-reactive ketones (excluding diaryl/α,β-unsaturated/α-hetero) is 3. The molecule has 10 aromatic rings. The first-order chi connectivity index (χ1) is 50.4. The zero-order valence-electron chi connectivity index (χ0n) is 63.4. The lowest BCUT2D eigenvalue weighted by molar-refractivity contribution is -0.114. The Morgan fingerprint density at radius 3 is 1.15 bits per heavy atom. The van der Waals surface area contributed by atoms with Crippen LogP contribution in [0.25, 0.3) is 55.2 Å². The van der Waals surface area contributed by atoms with Gasteiger partial charge in [-0.1, -0.05) is 108 Å². The highest BCUT2D eigenvalue weighted by Crippen LogP contribution is 2.35. The van der Waals surface area contributed by atoms with Crippen LogP contribution < -0.4 is 15.4 Å². The molecule has 22 nitrogen and oxygen atoms in total. The minimum absolute atomic E-state index is 0.00742. The van der Waals surface area contributed by atoms with Crippen LogP contribution in [0.2, 0.25) is 0 Å². The number of aromatic nitrogens is 15. The summed E-state index contributed by atoms with van der Waals surface area (Å²) in [7, 11) is 0. The summed E-state index contributed by atoms with van der Waals surface area (Å²) >= 11 is 1.66. The Hall–Kier alpha value is -8.47. The van der Waals surface area contributed by atoms with Gasteiger partial charge in [0, 0.05) is 78.4 Å². The number of hydrogen-bond acceptors (Lipinski definition) is 17. The van der Waals surface area contributed by atoms with Crippen molar-refractivity contribution in [1.82, 2.24) is 72.7 Å². The normalized spacial score (nSPS) is 16.4. The van der Waals surface area contributed by atoms with E-state index in [0.717, 1.165) is 135 Å². The highest BCUT2D eigenvalue weighted by atomic mass is 32.2. The summed E-state index contributed by atoms with van der Waals surface area (Å²) in [6.45, 7) is 22.8. The molecule has 10 aromatic heterocycles. The number of rotatable bonds is 19. The maximum atomic E-state index is 11.6. The summed E-state index contributed by atoms with van der Waals surface area (Å²) in [5.41, 5.74) is 13.3. The number of nitrogens with zero attached hydrogens (tertiary/aromatic N) is 15. The standard InChI is InChI=1S/C17H23N3O2.C16H22N4O.C16H24N4.C16H21N3OS.C16H21N3O/c1-3-22-17-19-15-10-18-14(12(2)21)9-16(15)20(17)11-13-7-5-4-6-8-13;1-11-8-15-14(9-17-11)19-16(18-12(2)21)20(15)10-13-6-4-3-5-7-13;1-3-17-16-19-14-10-18-12(2)9-15(14)20(16)11-13-7-5-4-6-8-13;1-11(20)13-8-15-14(9-17-13)18-16(21-2)19(15)10-12-6-4-3-5-7-12;1-11(20)14-8-16-15(9-17-14)18-12(2)19(16)10-13-6-4-3-5-7-13/h9-10,13H,3-8,11H2,1-2H3;8-9,13H,3-7,10H2,1-2H3,(H,18,19,21);9-10,13H,3-8,11H2,1-2H3,(H,17,19);8-9,12H,3-7,10H2,1-2H3;8-9,13H,3-7,10H2,1-2H3. The molecule has 5 aliphatic carbocycles. The average Bonchev–Trinajstić information content (AvgIpc) is 1.67. The molecule has 0 aromatic carbocycles. The summed E-state index contributed by atoms with van der Waals surface area (Å²) in [4.78, 5) is 90.3. The van der Waals surface area contributed by atoms with Crippen LogP contribution in [0.3, 0.4) is 0 Å². The largest absolute Gasteiger partial charge is 0.465 e. The summed E-state index contributed by atoms with van der Waals surface area (Å²) in [5.74, 6) is 6.20. The Morgan fingerprint density at radius 1 is 0.413 bits per heavy atom. The van der Waals surface area contributed by atoms with Gasteiger partial charge >= 0.3 is 0 Å². The van der Waals surface area contributed by atoms with Gasteiger partial charge in [0.1, 0.15) is 50.5 Å². The van der Waals surface area contributed by atoms with Crippen molar-refractivity contribution in [2.24, 2.45) is 29.6 Å². The van der Waals surface area contributed by atoms with Gasteiger partial charge < -0.3 is 28.3 Å². The molecule has 0 radical (unpaired) electrons. The van der Waals surface area contributed by atoms with Crippen molar-refractivity contribution in [1.29, 1.82) is 0 Å². The lowest BCUT2D eigenvalue weighted by atomic mass is 9.89. The number of ether oxygens (including phenoxy) is 1. The van der Waals surface area contributed by atoms with Gasteiger partial charge in [-0.2, -0.15) is 4.98 Å². The number of imidazole rings is 5. The van der Waals surface area contributed by atoms with Crippen molar-refractivity contribution < 1.29 is 23.9 Å². The third-order valence-corrected chi connectivity index (χ3v) is 22.2. The van der Waals surface area contributed by atoms with Crippen LogP contribution in [0.1, 0.15) is 251 Å². The van der Waals surface area contributed by atoms with E-state index in [9.17, 15) is 19.2 Å². The average molecular weight is 1430 g/mol. The molecule has 0 spiro atoms. The highest BCUT2D eigenvalue weighted by molar-refractivity contribution is 7.98. The van der Waals surface area contributed by atoms with Gasteiger partial charge in [0.2, 0.25) is 17.8 Å². The Morgan fingerprint density at radius 2 is 0.750 bits per heavy atom. The second kappa shape index (κ2) is 37.0. The van der Waals surface area contributed by atoms with E-state index in [1.54, 1.807) is 57.3 Å². The van der Waals surface area contributed by atoms with Crippen LogP contribution in [0.5, 0.6) is 6.01 Å². The Labute approximate surface area is 617 Å². The SMILES string of the molecule is CC(=O)Nc1nc2cnc(C)cc2n1CC1CCCCC1.CC(=O)c1cc2c(cn1)nc(C)n2CC1CCCCC1.CCNc1nc2cnc(C)cc2n1CC1CCCCC1.CCOc1nc2cnc(C(C)=O)cc2n1CC1CCCCC1.CSc1nc2cnc(C(C)=O)cc2n1CC1CCCCC1. The van der Waals surface area contributed by atoms with Gasteiger partial charge in [0.15, 0.2) is 22.5 Å². The van der Waals surface area contributed by atoms with Gasteiger partial charge in [-0.3, -0.25) is 54.0 Å². The fourth-order valence-electron chi connectivity index (χ4n) is 16.0. The third-order valence-electron chi connectivity index (χ3n) is 21.6. The lowest BCUT2D eigenvalue weighted by Crippen LogP contribution is -2.18. The Bertz CT molecular complexity index is 4530. The first-order valence-corrected chi connectivity index (χ1v) is 40.1. The molecule has 5 aliphatic rings. The molecular weight excluding hydrogens is 1320 g/mol. The van der Waals surface area contributed by atoms with Crippen molar-refractivity contribution in [3.63, 3.8) is 0 Å². The Balaban J connectivity index is 0.000000130. The van der Waals surface area contributed by atoms with Crippen molar-refractivity contribution in [2.75, 3.05) is 30.0 Å². The number of fused-ring (bicyclic) bond motifs is 5. The van der Waals surface area contributed by atoms with Crippen LogP contribution in [0.4, 0.5) is 11.9 Å². The molecule has 15 rings (SSSR count). The number of nitrogens with one attached hydrogen (secondary N) is 2. The molecule has 556 valence electrons. The maximum Gasteiger partial charge on any atom is 0.297 e. The molecule has 5 fully saturated rings. The molecule has 2 N–H and O–H groups in total. The van der Waals surface area contributed by atoms with Crippen LogP contribution in [-0.4, -0.2) is 115 Å². The fraction of sp³-hybridized carbons (Fsp3) is 0.580. The van der Waals surface area contributed by atoms with E-state index >= 15 is 0 Å². The molecule has 23 heteroatoms. The summed E-state index contributed by atoms with van der Waals surface area (Å²) in [6.07, 6.45) is 44.1. The van der Waals surface area contributed by atoms with E-state index in [2.05, 4.69) is 104 Å². The van der Waals surface area contributed by atoms with E-state index in [1.807, 2.05) is 52.1 Å². The molecule has 0 aliphatic heterocycles. The van der Waals surface area contributed by atoms with Crippen molar-refractivity contribution in [3.05, 3.63) is 95.6 Å². The van der Waals surface area contributed by atoms with Crippen LogP contribution in [-0.2, 0) is 37.5 Å². The number of anilines is 2. The maximum absolute atomic E-state index is 11.6. The number of carbonyl (C=O) groups is 4. The Kier molecular flexibility index (Phi) is 27.3. The number of hydrogen-bond donors (Lipinski definition) is 2. The summed E-state index contributed by atoms with van der Waals surface area (Å²) in [5, 5.41) is 7.28. The van der Waals surface area contributed by atoms with E-state index in [-0.39, 0.29) is 23.3 Å². The predicted octanol–water partition coefficient (Wildman–Crippen LogP) is 18.1. The number of thioether (sulfide) groups is 1. The number of aryl methyl sites for hydroxylation is 3.